The minimum absolute atomic E-state index is 0.0582. The monoisotopic (exact) mass is 596 g/mol. The SMILES string of the molecule is O=C(CC1(c2ccc(Br)s2)CCN(C(=O)/C=C/c2ccccc2)CCS1(=O)=O)NOC1CCCCO1. The van der Waals surface area contributed by atoms with Gasteiger partial charge in [0, 0.05) is 37.1 Å². The molecule has 0 saturated carbocycles. The summed E-state index contributed by atoms with van der Waals surface area (Å²) in [6.45, 7) is 0.819. The topological polar surface area (TPSA) is 102 Å². The van der Waals surface area contributed by atoms with Crippen molar-refractivity contribution >= 4 is 55.0 Å². The molecule has 2 atom stereocenters. The number of hydrogen-bond acceptors (Lipinski definition) is 7. The maximum absolute atomic E-state index is 13.7. The zero-order valence-corrected chi connectivity index (χ0v) is 22.9. The van der Waals surface area contributed by atoms with Gasteiger partial charge in [-0.05, 0) is 59.0 Å². The fourth-order valence-electron chi connectivity index (χ4n) is 4.42. The molecule has 2 fully saturated rings. The third kappa shape index (κ3) is 6.44. The summed E-state index contributed by atoms with van der Waals surface area (Å²) in [5, 5.41) is 0. The van der Waals surface area contributed by atoms with Gasteiger partial charge in [0.1, 0.15) is 4.75 Å². The summed E-state index contributed by atoms with van der Waals surface area (Å²) in [7, 11) is -3.81. The molecule has 11 heteroatoms. The van der Waals surface area contributed by atoms with Crippen LogP contribution in [-0.2, 0) is 33.7 Å². The number of hydrogen-bond donors (Lipinski definition) is 1. The number of thiophene rings is 1. The van der Waals surface area contributed by atoms with Gasteiger partial charge in [-0.15, -0.1) is 11.3 Å². The van der Waals surface area contributed by atoms with Gasteiger partial charge in [-0.1, -0.05) is 30.3 Å². The summed E-state index contributed by atoms with van der Waals surface area (Å²) in [6, 6.07) is 12.9. The van der Waals surface area contributed by atoms with E-state index in [9.17, 15) is 18.0 Å². The highest BCUT2D eigenvalue weighted by atomic mass is 79.9. The van der Waals surface area contributed by atoms with Crippen molar-refractivity contribution in [3.05, 3.63) is 62.8 Å². The van der Waals surface area contributed by atoms with Crippen molar-refractivity contribution in [1.29, 1.82) is 0 Å². The fraction of sp³-hybridized carbons (Fsp3) is 0.440. The average molecular weight is 598 g/mol. The number of carbonyl (C=O) groups excluding carboxylic acids is 2. The number of rotatable bonds is 7. The Morgan fingerprint density at radius 1 is 1.19 bits per heavy atom. The number of nitrogens with one attached hydrogen (secondary N) is 1. The quantitative estimate of drug-likeness (QED) is 0.382. The van der Waals surface area contributed by atoms with Crippen LogP contribution in [0.5, 0.6) is 0 Å². The Balaban J connectivity index is 1.52. The summed E-state index contributed by atoms with van der Waals surface area (Å²) < 4.78 is 32.2. The first-order chi connectivity index (χ1) is 17.3. The van der Waals surface area contributed by atoms with Crippen LogP contribution in [0.15, 0.2) is 52.3 Å². The number of carbonyl (C=O) groups is 2. The van der Waals surface area contributed by atoms with E-state index in [2.05, 4.69) is 21.4 Å². The minimum atomic E-state index is -3.81. The second-order valence-corrected chi connectivity index (χ2v) is 13.7. The van der Waals surface area contributed by atoms with Crippen molar-refractivity contribution in [3.63, 3.8) is 0 Å². The molecule has 2 saturated heterocycles. The Labute approximate surface area is 223 Å². The molecule has 1 aromatic carbocycles. The predicted octanol–water partition coefficient (Wildman–Crippen LogP) is 4.03. The molecule has 0 spiro atoms. The van der Waals surface area contributed by atoms with E-state index in [1.165, 1.54) is 22.3 Å². The Kier molecular flexibility index (Phi) is 9.00. The molecule has 0 bridgehead atoms. The van der Waals surface area contributed by atoms with Gasteiger partial charge in [0.05, 0.1) is 16.0 Å². The van der Waals surface area contributed by atoms with E-state index in [4.69, 9.17) is 9.57 Å². The second kappa shape index (κ2) is 12.0. The van der Waals surface area contributed by atoms with Gasteiger partial charge in [-0.2, -0.15) is 0 Å². The average Bonchev–Trinajstić information content (AvgIpc) is 3.27. The first-order valence-electron chi connectivity index (χ1n) is 11.9. The molecular formula is C25H29BrN2O6S2. The smallest absolute Gasteiger partial charge is 0.246 e. The van der Waals surface area contributed by atoms with Crippen LogP contribution in [0.25, 0.3) is 6.08 Å². The van der Waals surface area contributed by atoms with Crippen LogP contribution in [-0.4, -0.2) is 56.9 Å². The third-order valence-corrected chi connectivity index (χ3v) is 10.9. The van der Waals surface area contributed by atoms with Crippen molar-refractivity contribution in [2.24, 2.45) is 0 Å². The van der Waals surface area contributed by atoms with Gasteiger partial charge in [0.25, 0.3) is 0 Å². The molecule has 0 aliphatic carbocycles. The lowest BCUT2D eigenvalue weighted by Gasteiger charge is -2.31. The van der Waals surface area contributed by atoms with E-state index in [1.54, 1.807) is 18.2 Å². The number of hydroxylamine groups is 1. The Bertz CT molecular complexity index is 1190. The van der Waals surface area contributed by atoms with Crippen molar-refractivity contribution in [1.82, 2.24) is 10.4 Å². The summed E-state index contributed by atoms with van der Waals surface area (Å²) in [4.78, 5) is 33.4. The van der Waals surface area contributed by atoms with Crippen LogP contribution in [0.1, 0.15) is 42.5 Å². The molecule has 1 N–H and O–H groups in total. The number of nitrogens with zero attached hydrogens (tertiary/aromatic N) is 1. The van der Waals surface area contributed by atoms with Gasteiger partial charge in [0.15, 0.2) is 16.1 Å². The lowest BCUT2D eigenvalue weighted by Crippen LogP contribution is -2.43. The van der Waals surface area contributed by atoms with Crippen molar-refractivity contribution in [3.8, 4) is 0 Å². The highest BCUT2D eigenvalue weighted by molar-refractivity contribution is 9.11. The van der Waals surface area contributed by atoms with E-state index < -0.39 is 26.8 Å². The van der Waals surface area contributed by atoms with Crippen molar-refractivity contribution in [2.75, 3.05) is 25.4 Å². The van der Waals surface area contributed by atoms with E-state index in [0.717, 1.165) is 22.2 Å². The third-order valence-electron chi connectivity index (χ3n) is 6.45. The molecule has 8 nitrogen and oxygen atoms in total. The van der Waals surface area contributed by atoms with Crippen LogP contribution in [0.2, 0.25) is 0 Å². The molecule has 36 heavy (non-hydrogen) atoms. The molecule has 1 aromatic heterocycles. The molecule has 2 aliphatic heterocycles. The molecule has 2 unspecified atom stereocenters. The lowest BCUT2D eigenvalue weighted by molar-refractivity contribution is -0.200. The number of benzene rings is 1. The van der Waals surface area contributed by atoms with Crippen molar-refractivity contribution in [2.45, 2.75) is 43.1 Å². The summed E-state index contributed by atoms with van der Waals surface area (Å²) in [6.07, 6.45) is 4.96. The number of halogens is 1. The van der Waals surface area contributed by atoms with Crippen molar-refractivity contribution < 1.29 is 27.6 Å². The summed E-state index contributed by atoms with van der Waals surface area (Å²) >= 11 is 4.70. The molecular weight excluding hydrogens is 568 g/mol. The van der Waals surface area contributed by atoms with Crippen LogP contribution in [0, 0.1) is 0 Å². The Morgan fingerprint density at radius 3 is 2.69 bits per heavy atom. The Morgan fingerprint density at radius 2 is 2.00 bits per heavy atom. The number of amides is 2. The second-order valence-electron chi connectivity index (χ2n) is 8.85. The zero-order valence-electron chi connectivity index (χ0n) is 19.7. The van der Waals surface area contributed by atoms with E-state index in [0.29, 0.717) is 17.9 Å². The standard InChI is InChI=1S/C25H29BrN2O6S2/c26-21-11-10-20(35-21)25(18-22(29)27-34-24-8-4-5-16-33-24)13-14-28(15-17-36(25,31)32)23(30)12-9-19-6-2-1-3-7-19/h1-3,6-7,9-12,24H,4-5,8,13-18H2,(H,27,29)/b12-9+. The van der Waals surface area contributed by atoms with Crippen LogP contribution in [0.4, 0.5) is 0 Å². The lowest BCUT2D eigenvalue weighted by atomic mass is 9.97. The van der Waals surface area contributed by atoms with Gasteiger partial charge >= 0.3 is 0 Å². The van der Waals surface area contributed by atoms with E-state index >= 15 is 0 Å². The van der Waals surface area contributed by atoms with Gasteiger partial charge in [-0.3, -0.25) is 9.59 Å². The number of sulfone groups is 1. The highest BCUT2D eigenvalue weighted by Crippen LogP contribution is 2.44. The predicted molar refractivity (Wildman–Crippen MR) is 142 cm³/mol. The molecule has 0 radical (unpaired) electrons. The molecule has 3 heterocycles. The maximum atomic E-state index is 13.7. The number of ether oxygens (including phenoxy) is 1. The van der Waals surface area contributed by atoms with Crippen LogP contribution in [0.3, 0.4) is 0 Å². The normalized spacial score (nSPS) is 24.4. The van der Waals surface area contributed by atoms with Gasteiger partial charge in [-0.25, -0.2) is 18.7 Å². The largest absolute Gasteiger partial charge is 0.350 e. The van der Waals surface area contributed by atoms with Gasteiger partial charge in [0.2, 0.25) is 11.8 Å². The summed E-state index contributed by atoms with van der Waals surface area (Å²) in [5.74, 6) is -1.05. The summed E-state index contributed by atoms with van der Waals surface area (Å²) in [5.41, 5.74) is 3.28. The van der Waals surface area contributed by atoms with Gasteiger partial charge < -0.3 is 9.64 Å². The Hall–Kier alpha value is -2.05. The highest BCUT2D eigenvalue weighted by Gasteiger charge is 2.49. The zero-order chi connectivity index (χ0) is 25.6. The van der Waals surface area contributed by atoms with E-state index in [1.807, 2.05) is 30.3 Å². The molecule has 4 rings (SSSR count). The molecule has 2 aromatic rings. The molecule has 2 amide bonds. The maximum Gasteiger partial charge on any atom is 0.246 e. The van der Waals surface area contributed by atoms with Crippen LogP contribution >= 0.6 is 27.3 Å². The fourth-order valence-corrected chi connectivity index (χ4v) is 8.40. The van der Waals surface area contributed by atoms with Crippen LogP contribution < -0.4 is 5.48 Å². The first kappa shape index (κ1) is 27.0. The molecule has 2 aliphatic rings. The van der Waals surface area contributed by atoms with E-state index in [-0.39, 0.29) is 37.6 Å². The molecule has 194 valence electrons. The first-order valence-corrected chi connectivity index (χ1v) is 15.1. The minimum Gasteiger partial charge on any atom is -0.350 e.